The first kappa shape index (κ1) is 23.9. The predicted molar refractivity (Wildman–Crippen MR) is 149 cm³/mol. The smallest absolute Gasteiger partial charge is 0.160 e. The van der Waals surface area contributed by atoms with Crippen LogP contribution in [0.1, 0.15) is 44.4 Å². The number of anilines is 2. The van der Waals surface area contributed by atoms with Gasteiger partial charge in [0.25, 0.3) is 0 Å². The molecule has 0 spiro atoms. The van der Waals surface area contributed by atoms with Crippen molar-refractivity contribution in [3.05, 3.63) is 89.8 Å². The lowest BCUT2D eigenvalue weighted by molar-refractivity contribution is 0.173. The SMILES string of the molecule is CCN1COC=C1C=CC1=NN(c2cc(C)c3ccccc3n2)C(c2ccc(N(CC)CC)cc2)C1. The summed E-state index contributed by atoms with van der Waals surface area (Å²) in [6.45, 7) is 12.2. The molecule has 0 aliphatic carbocycles. The van der Waals surface area contributed by atoms with Crippen LogP contribution in [-0.4, -0.2) is 42.0 Å². The summed E-state index contributed by atoms with van der Waals surface area (Å²) in [5.41, 5.74) is 6.81. The first-order valence-electron chi connectivity index (χ1n) is 12.9. The van der Waals surface area contributed by atoms with E-state index < -0.39 is 0 Å². The number of hydrogen-bond donors (Lipinski definition) is 0. The molecular weight excluding hydrogens is 446 g/mol. The fraction of sp³-hybridized carbons (Fsp3) is 0.333. The van der Waals surface area contributed by atoms with Crippen molar-refractivity contribution in [2.45, 2.75) is 40.2 Å². The van der Waals surface area contributed by atoms with Crippen LogP contribution in [0, 0.1) is 6.92 Å². The van der Waals surface area contributed by atoms with Gasteiger partial charge in [-0.05, 0) is 75.2 Å². The van der Waals surface area contributed by atoms with E-state index in [0.717, 1.165) is 48.8 Å². The summed E-state index contributed by atoms with van der Waals surface area (Å²) in [6, 6.07) is 19.5. The monoisotopic (exact) mass is 481 g/mol. The van der Waals surface area contributed by atoms with Gasteiger partial charge in [-0.3, -0.25) is 0 Å². The Labute approximate surface area is 214 Å². The number of ether oxygens (including phenoxy) is 1. The normalized spacial score (nSPS) is 17.6. The molecule has 0 N–H and O–H groups in total. The fourth-order valence-corrected chi connectivity index (χ4v) is 5.01. The van der Waals surface area contributed by atoms with Crippen molar-refractivity contribution < 1.29 is 4.74 Å². The minimum absolute atomic E-state index is 0.0829. The Hall–Kier alpha value is -3.80. The summed E-state index contributed by atoms with van der Waals surface area (Å²) < 4.78 is 5.51. The Morgan fingerprint density at radius 2 is 1.81 bits per heavy atom. The molecule has 1 aromatic heterocycles. The van der Waals surface area contributed by atoms with Crippen molar-refractivity contribution in [2.24, 2.45) is 5.10 Å². The third kappa shape index (κ3) is 4.68. The Balaban J connectivity index is 1.50. The van der Waals surface area contributed by atoms with Gasteiger partial charge in [0.1, 0.15) is 12.1 Å². The minimum atomic E-state index is 0.0829. The van der Waals surface area contributed by atoms with Crippen molar-refractivity contribution in [3.8, 4) is 0 Å². The van der Waals surface area contributed by atoms with Crippen molar-refractivity contribution >= 4 is 28.1 Å². The maximum absolute atomic E-state index is 5.51. The average molecular weight is 482 g/mol. The molecule has 0 bridgehead atoms. The largest absolute Gasteiger partial charge is 0.479 e. The van der Waals surface area contributed by atoms with Gasteiger partial charge in [0.05, 0.1) is 23.0 Å². The highest BCUT2D eigenvalue weighted by molar-refractivity contribution is 5.98. The molecule has 6 nitrogen and oxygen atoms in total. The van der Waals surface area contributed by atoms with Crippen molar-refractivity contribution in [2.75, 3.05) is 36.3 Å². The standard InChI is InChI=1S/C30H35N5O/c1-5-33(6-2)25-15-12-23(13-16-25)29-19-24(14-17-26-20-36-21-34(26)7-3)32-35(29)30-18-22(4)27-10-8-9-11-28(27)31-30/h8-18,20,29H,5-7,19,21H2,1-4H3. The molecule has 3 aromatic rings. The number of rotatable bonds is 8. The summed E-state index contributed by atoms with van der Waals surface area (Å²) in [7, 11) is 0. The third-order valence-electron chi connectivity index (χ3n) is 7.11. The van der Waals surface area contributed by atoms with Gasteiger partial charge in [-0.25, -0.2) is 9.99 Å². The van der Waals surface area contributed by atoms with Gasteiger partial charge in [-0.2, -0.15) is 5.10 Å². The summed E-state index contributed by atoms with van der Waals surface area (Å²) in [4.78, 5) is 9.57. The lowest BCUT2D eigenvalue weighted by Gasteiger charge is -2.25. The molecule has 0 fully saturated rings. The highest BCUT2D eigenvalue weighted by Crippen LogP contribution is 2.37. The van der Waals surface area contributed by atoms with Gasteiger partial charge >= 0.3 is 0 Å². The van der Waals surface area contributed by atoms with E-state index in [1.807, 2.05) is 12.3 Å². The van der Waals surface area contributed by atoms with Crippen LogP contribution < -0.4 is 9.91 Å². The zero-order valence-electron chi connectivity index (χ0n) is 21.7. The molecule has 1 unspecified atom stereocenters. The minimum Gasteiger partial charge on any atom is -0.479 e. The number of nitrogens with zero attached hydrogens (tertiary/aromatic N) is 5. The van der Waals surface area contributed by atoms with Crippen LogP contribution in [0.2, 0.25) is 0 Å². The summed E-state index contributed by atoms with van der Waals surface area (Å²) in [5, 5.41) is 8.35. The van der Waals surface area contributed by atoms with Crippen molar-refractivity contribution in [3.63, 3.8) is 0 Å². The Bertz CT molecular complexity index is 1310. The number of allylic oxidation sites excluding steroid dienone is 2. The average Bonchev–Trinajstić information content (AvgIpc) is 3.55. The lowest BCUT2D eigenvalue weighted by atomic mass is 10.0. The summed E-state index contributed by atoms with van der Waals surface area (Å²) in [5.74, 6) is 0.881. The van der Waals surface area contributed by atoms with Crippen molar-refractivity contribution in [1.82, 2.24) is 9.88 Å². The molecular formula is C30H35N5O. The topological polar surface area (TPSA) is 44.2 Å². The molecule has 0 saturated heterocycles. The van der Waals surface area contributed by atoms with E-state index in [4.69, 9.17) is 14.8 Å². The van der Waals surface area contributed by atoms with Crippen molar-refractivity contribution in [1.29, 1.82) is 0 Å². The van der Waals surface area contributed by atoms with Gasteiger partial charge in [0.2, 0.25) is 0 Å². The quantitative estimate of drug-likeness (QED) is 0.372. The van der Waals surface area contributed by atoms with Gasteiger partial charge in [-0.1, -0.05) is 30.3 Å². The maximum Gasteiger partial charge on any atom is 0.160 e. The predicted octanol–water partition coefficient (Wildman–Crippen LogP) is 6.40. The highest BCUT2D eigenvalue weighted by atomic mass is 16.5. The summed E-state index contributed by atoms with van der Waals surface area (Å²) in [6.07, 6.45) is 6.87. The van der Waals surface area contributed by atoms with Crippen LogP contribution in [0.15, 0.2) is 83.8 Å². The second kappa shape index (κ2) is 10.4. The molecule has 0 radical (unpaired) electrons. The number of pyridine rings is 1. The van der Waals surface area contributed by atoms with Gasteiger partial charge in [0, 0.05) is 37.1 Å². The Morgan fingerprint density at radius 3 is 2.56 bits per heavy atom. The Kier molecular flexibility index (Phi) is 6.94. The molecule has 5 rings (SSSR count). The maximum atomic E-state index is 5.51. The Morgan fingerprint density at radius 1 is 1.03 bits per heavy atom. The second-order valence-electron chi connectivity index (χ2n) is 9.26. The van der Waals surface area contributed by atoms with E-state index >= 15 is 0 Å². The number of hydrogen-bond acceptors (Lipinski definition) is 6. The number of likely N-dealkylation sites (N-methyl/N-ethyl adjacent to an activating group) is 1. The number of fused-ring (bicyclic) bond motifs is 1. The van der Waals surface area contributed by atoms with Crippen LogP contribution in [0.3, 0.4) is 0 Å². The molecule has 36 heavy (non-hydrogen) atoms. The summed E-state index contributed by atoms with van der Waals surface area (Å²) >= 11 is 0. The molecule has 0 amide bonds. The molecule has 2 aliphatic heterocycles. The van der Waals surface area contributed by atoms with Crippen LogP contribution in [0.25, 0.3) is 10.9 Å². The van der Waals surface area contributed by atoms with E-state index in [2.05, 4.69) is 103 Å². The van der Waals surface area contributed by atoms with Crippen LogP contribution >= 0.6 is 0 Å². The molecule has 186 valence electrons. The van der Waals surface area contributed by atoms with E-state index in [9.17, 15) is 0 Å². The molecule has 2 aliphatic rings. The van der Waals surface area contributed by atoms with Gasteiger partial charge < -0.3 is 14.5 Å². The molecule has 0 saturated carbocycles. The fourth-order valence-electron chi connectivity index (χ4n) is 5.01. The lowest BCUT2D eigenvalue weighted by Crippen LogP contribution is -2.22. The number of aryl methyl sites for hydroxylation is 1. The van der Waals surface area contributed by atoms with Crippen LogP contribution in [-0.2, 0) is 4.74 Å². The molecule has 2 aromatic carbocycles. The van der Waals surface area contributed by atoms with E-state index in [1.165, 1.54) is 22.2 Å². The molecule has 3 heterocycles. The zero-order chi connectivity index (χ0) is 25.1. The van der Waals surface area contributed by atoms with E-state index in [1.54, 1.807) is 0 Å². The van der Waals surface area contributed by atoms with E-state index in [0.29, 0.717) is 6.73 Å². The second-order valence-corrected chi connectivity index (χ2v) is 9.26. The highest BCUT2D eigenvalue weighted by Gasteiger charge is 2.30. The van der Waals surface area contributed by atoms with E-state index in [-0.39, 0.29) is 6.04 Å². The zero-order valence-corrected chi connectivity index (χ0v) is 21.7. The third-order valence-corrected chi connectivity index (χ3v) is 7.11. The molecule has 1 atom stereocenters. The van der Waals surface area contributed by atoms with Gasteiger partial charge in [0.15, 0.2) is 6.73 Å². The number of benzene rings is 2. The number of aromatic nitrogens is 1. The van der Waals surface area contributed by atoms with Crippen LogP contribution in [0.4, 0.5) is 11.5 Å². The first-order chi connectivity index (χ1) is 17.6. The van der Waals surface area contributed by atoms with Gasteiger partial charge in [-0.15, -0.1) is 0 Å². The number of hydrazone groups is 1. The first-order valence-corrected chi connectivity index (χ1v) is 12.9. The molecule has 6 heteroatoms. The van der Waals surface area contributed by atoms with Crippen LogP contribution in [0.5, 0.6) is 0 Å². The number of para-hydroxylation sites is 1.